The van der Waals surface area contributed by atoms with Crippen LogP contribution < -0.4 is 9.88 Å². The number of rotatable bonds is 8. The number of nitrogens with one attached hydrogen (secondary N) is 1. The van der Waals surface area contributed by atoms with Crippen LogP contribution in [0.4, 0.5) is 5.69 Å². The number of hydrogen-bond acceptors (Lipinski definition) is 3. The Labute approximate surface area is 146 Å². The smallest absolute Gasteiger partial charge is 0.303 e. The van der Waals surface area contributed by atoms with Crippen LogP contribution in [0.2, 0.25) is 0 Å². The van der Waals surface area contributed by atoms with E-state index in [-0.39, 0.29) is 18.7 Å². The Morgan fingerprint density at radius 3 is 2.48 bits per heavy atom. The lowest BCUT2D eigenvalue weighted by Gasteiger charge is -2.10. The molecule has 6 nitrogen and oxygen atoms in total. The number of carbonyl (C=O) groups is 2. The quantitative estimate of drug-likeness (QED) is 0.639. The molecule has 1 aromatic heterocycles. The van der Waals surface area contributed by atoms with Crippen molar-refractivity contribution in [3.05, 3.63) is 59.9 Å². The molecular formula is C19H23N2O4+. The molecule has 1 heterocycles. The molecule has 1 unspecified atom stereocenters. The van der Waals surface area contributed by atoms with Gasteiger partial charge in [0.1, 0.15) is 13.2 Å². The second-order valence-electron chi connectivity index (χ2n) is 5.95. The number of amides is 1. The number of carboxylic acids is 1. The Balaban J connectivity index is 1.88. The summed E-state index contributed by atoms with van der Waals surface area (Å²) in [7, 11) is 1.89. The Bertz CT molecular complexity index is 728. The predicted octanol–water partition coefficient (Wildman–Crippen LogP) is 1.98. The number of aryl methyl sites for hydroxylation is 1. The van der Waals surface area contributed by atoms with Crippen molar-refractivity contribution in [3.8, 4) is 0 Å². The molecule has 0 aliphatic rings. The van der Waals surface area contributed by atoms with E-state index in [4.69, 9.17) is 5.11 Å². The van der Waals surface area contributed by atoms with Gasteiger partial charge in [0, 0.05) is 37.1 Å². The zero-order valence-corrected chi connectivity index (χ0v) is 14.2. The van der Waals surface area contributed by atoms with Crippen molar-refractivity contribution in [2.45, 2.75) is 31.8 Å². The van der Waals surface area contributed by atoms with Crippen molar-refractivity contribution in [2.75, 3.05) is 5.32 Å². The lowest BCUT2D eigenvalue weighted by molar-refractivity contribution is -0.683. The molecule has 1 atom stereocenters. The summed E-state index contributed by atoms with van der Waals surface area (Å²) in [6, 6.07) is 13.0. The van der Waals surface area contributed by atoms with E-state index in [1.165, 1.54) is 0 Å². The SMILES string of the molecule is C[n+]1ccccc1C(O)Cc1ccc(NC(=O)CCCC(=O)O)cc1. The highest BCUT2D eigenvalue weighted by atomic mass is 16.4. The van der Waals surface area contributed by atoms with Gasteiger partial charge in [0.25, 0.3) is 0 Å². The van der Waals surface area contributed by atoms with Gasteiger partial charge in [-0.05, 0) is 24.1 Å². The van der Waals surface area contributed by atoms with E-state index >= 15 is 0 Å². The number of pyridine rings is 1. The van der Waals surface area contributed by atoms with Crippen molar-refractivity contribution < 1.29 is 24.4 Å². The third kappa shape index (κ3) is 6.00. The van der Waals surface area contributed by atoms with Crippen molar-refractivity contribution in [3.63, 3.8) is 0 Å². The summed E-state index contributed by atoms with van der Waals surface area (Å²) < 4.78 is 1.89. The van der Waals surface area contributed by atoms with Crippen LogP contribution in [-0.4, -0.2) is 22.1 Å². The number of aliphatic hydroxyl groups excluding tert-OH is 1. The summed E-state index contributed by atoms with van der Waals surface area (Å²) in [5.74, 6) is -1.10. The number of anilines is 1. The van der Waals surface area contributed by atoms with Gasteiger partial charge in [0.2, 0.25) is 11.6 Å². The topological polar surface area (TPSA) is 90.5 Å². The van der Waals surface area contributed by atoms with Gasteiger partial charge in [-0.15, -0.1) is 0 Å². The summed E-state index contributed by atoms with van der Waals surface area (Å²) in [6.07, 6.45) is 2.24. The van der Waals surface area contributed by atoms with E-state index in [2.05, 4.69) is 5.32 Å². The Morgan fingerprint density at radius 2 is 1.84 bits per heavy atom. The van der Waals surface area contributed by atoms with Crippen LogP contribution in [0.5, 0.6) is 0 Å². The third-order valence-corrected chi connectivity index (χ3v) is 3.90. The van der Waals surface area contributed by atoms with Crippen LogP contribution in [0.3, 0.4) is 0 Å². The number of carbonyl (C=O) groups excluding carboxylic acids is 1. The molecule has 0 bridgehead atoms. The molecule has 1 aromatic carbocycles. The van der Waals surface area contributed by atoms with Crippen LogP contribution in [0.25, 0.3) is 0 Å². The van der Waals surface area contributed by atoms with Gasteiger partial charge < -0.3 is 15.5 Å². The number of benzene rings is 1. The fraction of sp³-hybridized carbons (Fsp3) is 0.316. The van der Waals surface area contributed by atoms with Crippen LogP contribution >= 0.6 is 0 Å². The molecule has 0 aliphatic carbocycles. The molecule has 1 amide bonds. The van der Waals surface area contributed by atoms with Gasteiger partial charge in [0.15, 0.2) is 6.20 Å². The van der Waals surface area contributed by atoms with E-state index in [1.807, 2.05) is 48.1 Å². The average molecular weight is 343 g/mol. The first-order valence-corrected chi connectivity index (χ1v) is 8.19. The monoisotopic (exact) mass is 343 g/mol. The van der Waals surface area contributed by atoms with Gasteiger partial charge in [0.05, 0.1) is 0 Å². The van der Waals surface area contributed by atoms with E-state index < -0.39 is 12.1 Å². The molecule has 6 heteroatoms. The molecule has 2 aromatic rings. The van der Waals surface area contributed by atoms with Gasteiger partial charge in [-0.1, -0.05) is 18.2 Å². The second-order valence-corrected chi connectivity index (χ2v) is 5.95. The van der Waals surface area contributed by atoms with E-state index in [9.17, 15) is 14.7 Å². The molecule has 0 radical (unpaired) electrons. The van der Waals surface area contributed by atoms with E-state index in [0.717, 1.165) is 11.3 Å². The molecule has 3 N–H and O–H groups in total. The summed E-state index contributed by atoms with van der Waals surface area (Å²) in [5, 5.41) is 21.7. The third-order valence-electron chi connectivity index (χ3n) is 3.90. The molecule has 0 saturated carbocycles. The zero-order valence-electron chi connectivity index (χ0n) is 14.2. The van der Waals surface area contributed by atoms with Gasteiger partial charge in [-0.2, -0.15) is 0 Å². The number of nitrogens with zero attached hydrogens (tertiary/aromatic N) is 1. The summed E-state index contributed by atoms with van der Waals surface area (Å²) in [4.78, 5) is 22.2. The van der Waals surface area contributed by atoms with E-state index in [0.29, 0.717) is 18.5 Å². The molecule has 25 heavy (non-hydrogen) atoms. The van der Waals surface area contributed by atoms with E-state index in [1.54, 1.807) is 12.1 Å². The summed E-state index contributed by atoms with van der Waals surface area (Å²) in [6.45, 7) is 0. The van der Waals surface area contributed by atoms with Crippen molar-refractivity contribution >= 4 is 17.6 Å². The van der Waals surface area contributed by atoms with Crippen LogP contribution in [0.1, 0.15) is 36.6 Å². The first-order valence-electron chi connectivity index (χ1n) is 8.19. The molecular weight excluding hydrogens is 320 g/mol. The second kappa shape index (κ2) is 8.94. The largest absolute Gasteiger partial charge is 0.481 e. The maximum Gasteiger partial charge on any atom is 0.303 e. The molecule has 0 saturated heterocycles. The van der Waals surface area contributed by atoms with Crippen molar-refractivity contribution in [1.82, 2.24) is 0 Å². The normalized spacial score (nSPS) is 11.8. The molecule has 2 rings (SSSR count). The van der Waals surface area contributed by atoms with Crippen molar-refractivity contribution in [2.24, 2.45) is 7.05 Å². The highest BCUT2D eigenvalue weighted by Crippen LogP contribution is 2.17. The lowest BCUT2D eigenvalue weighted by Crippen LogP contribution is -2.34. The number of carboxylic acid groups (broad SMARTS) is 1. The zero-order chi connectivity index (χ0) is 18.2. The summed E-state index contributed by atoms with van der Waals surface area (Å²) >= 11 is 0. The van der Waals surface area contributed by atoms with Gasteiger partial charge in [-0.3, -0.25) is 9.59 Å². The number of aliphatic carboxylic acids is 1. The Kier molecular flexibility index (Phi) is 6.65. The number of hydrogen-bond donors (Lipinski definition) is 3. The number of aliphatic hydroxyl groups is 1. The molecule has 132 valence electrons. The molecule has 0 aliphatic heterocycles. The standard InChI is InChI=1S/C19H22N2O4/c1-21-12-3-2-5-16(21)17(22)13-14-8-10-15(11-9-14)20-18(23)6-4-7-19(24)25/h2-3,5,8-12,17,22H,4,6-7,13H2,1H3,(H-,20,23,24,25)/p+1. The Hall–Kier alpha value is -2.73. The minimum atomic E-state index is -0.900. The highest BCUT2D eigenvalue weighted by Gasteiger charge is 2.17. The van der Waals surface area contributed by atoms with Gasteiger partial charge >= 0.3 is 5.97 Å². The molecule has 0 spiro atoms. The van der Waals surface area contributed by atoms with Gasteiger partial charge in [-0.25, -0.2) is 4.57 Å². The fourth-order valence-corrected chi connectivity index (χ4v) is 2.56. The maximum atomic E-state index is 11.7. The summed E-state index contributed by atoms with van der Waals surface area (Å²) in [5.41, 5.74) is 2.45. The lowest BCUT2D eigenvalue weighted by atomic mass is 10.0. The highest BCUT2D eigenvalue weighted by molar-refractivity contribution is 5.90. The fourth-order valence-electron chi connectivity index (χ4n) is 2.56. The minimum absolute atomic E-state index is 0.0127. The Morgan fingerprint density at radius 1 is 1.12 bits per heavy atom. The van der Waals surface area contributed by atoms with Crippen LogP contribution in [-0.2, 0) is 23.1 Å². The first kappa shape index (κ1) is 18.6. The van der Waals surface area contributed by atoms with Crippen molar-refractivity contribution in [1.29, 1.82) is 0 Å². The molecule has 0 fully saturated rings. The predicted molar refractivity (Wildman–Crippen MR) is 92.8 cm³/mol. The minimum Gasteiger partial charge on any atom is -0.481 e. The van der Waals surface area contributed by atoms with Crippen LogP contribution in [0.15, 0.2) is 48.7 Å². The van der Waals surface area contributed by atoms with Crippen LogP contribution in [0, 0.1) is 0 Å². The number of aromatic nitrogens is 1. The first-order chi connectivity index (χ1) is 12.0. The maximum absolute atomic E-state index is 11.7. The average Bonchev–Trinajstić information content (AvgIpc) is 2.56.